The third kappa shape index (κ3) is 3.01. The second-order valence-corrected chi connectivity index (χ2v) is 6.36. The lowest BCUT2D eigenvalue weighted by Gasteiger charge is -2.16. The Kier molecular flexibility index (Phi) is 4.20. The second kappa shape index (κ2) is 5.68. The van der Waals surface area contributed by atoms with Crippen LogP contribution in [0.15, 0.2) is 30.3 Å². The molecule has 0 fully saturated rings. The molecule has 0 spiro atoms. The fourth-order valence-corrected chi connectivity index (χ4v) is 3.25. The van der Waals surface area contributed by atoms with E-state index in [1.165, 1.54) is 26.4 Å². The summed E-state index contributed by atoms with van der Waals surface area (Å²) < 4.78 is 0. The van der Waals surface area contributed by atoms with E-state index in [1.807, 2.05) is 11.3 Å². The first-order chi connectivity index (χ1) is 8.58. The van der Waals surface area contributed by atoms with Crippen LogP contribution in [0.1, 0.15) is 39.4 Å². The summed E-state index contributed by atoms with van der Waals surface area (Å²) in [7, 11) is 0. The fraction of sp³-hybridized carbons (Fsp3) is 0.375. The molecule has 0 bridgehead atoms. The highest BCUT2D eigenvalue weighted by Crippen LogP contribution is 2.22. The molecule has 1 N–H and O–H groups in total. The van der Waals surface area contributed by atoms with E-state index in [1.54, 1.807) is 0 Å². The van der Waals surface area contributed by atoms with E-state index in [4.69, 9.17) is 0 Å². The van der Waals surface area contributed by atoms with Gasteiger partial charge in [0.1, 0.15) is 0 Å². The molecule has 96 valence electrons. The summed E-state index contributed by atoms with van der Waals surface area (Å²) in [6.45, 7) is 9.73. The van der Waals surface area contributed by atoms with Crippen molar-refractivity contribution in [1.82, 2.24) is 5.32 Å². The van der Waals surface area contributed by atoms with Crippen LogP contribution in [0, 0.1) is 20.8 Å². The van der Waals surface area contributed by atoms with Crippen LogP contribution in [0.3, 0.4) is 0 Å². The number of nitrogens with one attached hydrogen (secondary N) is 1. The Hall–Kier alpha value is -1.12. The summed E-state index contributed by atoms with van der Waals surface area (Å²) in [6.07, 6.45) is 0. The summed E-state index contributed by atoms with van der Waals surface area (Å²) in [5.74, 6) is 0. The van der Waals surface area contributed by atoms with Gasteiger partial charge in [-0.05, 0) is 50.5 Å². The van der Waals surface area contributed by atoms with Crippen LogP contribution >= 0.6 is 11.3 Å². The predicted molar refractivity (Wildman–Crippen MR) is 80.2 cm³/mol. The highest BCUT2D eigenvalue weighted by Gasteiger charge is 2.09. The van der Waals surface area contributed by atoms with Gasteiger partial charge in [-0.15, -0.1) is 11.3 Å². The molecule has 0 aliphatic carbocycles. The molecule has 0 aliphatic heterocycles. The Morgan fingerprint density at radius 3 is 2.50 bits per heavy atom. The molecular weight excluding hydrogens is 238 g/mol. The Bertz CT molecular complexity index is 528. The molecule has 0 amide bonds. The van der Waals surface area contributed by atoms with Gasteiger partial charge in [0, 0.05) is 22.3 Å². The maximum absolute atomic E-state index is 3.62. The molecule has 1 heterocycles. The second-order valence-electron chi connectivity index (χ2n) is 4.90. The molecule has 0 saturated heterocycles. The molecule has 1 nitrogen and oxygen atoms in total. The Labute approximate surface area is 114 Å². The number of aryl methyl sites for hydroxylation is 3. The minimum Gasteiger partial charge on any atom is -0.306 e. The molecule has 18 heavy (non-hydrogen) atoms. The summed E-state index contributed by atoms with van der Waals surface area (Å²) in [6, 6.07) is 11.3. The standard InChI is InChI=1S/C16H21NS/c1-11-7-5-6-8-16(11)13(3)17-10-15-9-12(2)18-14(15)4/h5-9,13,17H,10H2,1-4H3. The van der Waals surface area contributed by atoms with Gasteiger partial charge in [-0.1, -0.05) is 24.3 Å². The van der Waals surface area contributed by atoms with Crippen molar-refractivity contribution in [3.05, 3.63) is 56.8 Å². The largest absolute Gasteiger partial charge is 0.306 e. The molecule has 1 aromatic carbocycles. The molecule has 0 radical (unpaired) electrons. The van der Waals surface area contributed by atoms with E-state index < -0.39 is 0 Å². The maximum Gasteiger partial charge on any atom is 0.0297 e. The Morgan fingerprint density at radius 2 is 1.89 bits per heavy atom. The zero-order valence-electron chi connectivity index (χ0n) is 11.6. The van der Waals surface area contributed by atoms with E-state index in [-0.39, 0.29) is 0 Å². The van der Waals surface area contributed by atoms with Gasteiger partial charge in [-0.2, -0.15) is 0 Å². The van der Waals surface area contributed by atoms with Crippen LogP contribution in [0.4, 0.5) is 0 Å². The van der Waals surface area contributed by atoms with Crippen LogP contribution in [0.5, 0.6) is 0 Å². The van der Waals surface area contributed by atoms with Crippen LogP contribution in [-0.4, -0.2) is 0 Å². The number of rotatable bonds is 4. The maximum atomic E-state index is 3.62. The number of hydrogen-bond acceptors (Lipinski definition) is 2. The average molecular weight is 259 g/mol. The smallest absolute Gasteiger partial charge is 0.0297 e. The van der Waals surface area contributed by atoms with Crippen molar-refractivity contribution in [3.63, 3.8) is 0 Å². The van der Waals surface area contributed by atoms with Gasteiger partial charge in [0.25, 0.3) is 0 Å². The van der Waals surface area contributed by atoms with Crippen molar-refractivity contribution in [1.29, 1.82) is 0 Å². The van der Waals surface area contributed by atoms with Gasteiger partial charge in [-0.25, -0.2) is 0 Å². The van der Waals surface area contributed by atoms with Crippen molar-refractivity contribution >= 4 is 11.3 Å². The molecule has 1 unspecified atom stereocenters. The zero-order valence-corrected chi connectivity index (χ0v) is 12.4. The minimum absolute atomic E-state index is 0.394. The molecular formula is C16H21NS. The lowest BCUT2D eigenvalue weighted by molar-refractivity contribution is 0.572. The highest BCUT2D eigenvalue weighted by atomic mass is 32.1. The van der Waals surface area contributed by atoms with E-state index in [0.29, 0.717) is 6.04 Å². The van der Waals surface area contributed by atoms with Gasteiger partial charge < -0.3 is 5.32 Å². The predicted octanol–water partition coefficient (Wildman–Crippen LogP) is 4.52. The Morgan fingerprint density at radius 1 is 1.17 bits per heavy atom. The topological polar surface area (TPSA) is 12.0 Å². The summed E-state index contributed by atoms with van der Waals surface area (Å²) in [5, 5.41) is 3.62. The van der Waals surface area contributed by atoms with Crippen LogP contribution in [0.2, 0.25) is 0 Å². The highest BCUT2D eigenvalue weighted by molar-refractivity contribution is 7.12. The monoisotopic (exact) mass is 259 g/mol. The third-order valence-corrected chi connectivity index (χ3v) is 4.41. The van der Waals surface area contributed by atoms with E-state index in [9.17, 15) is 0 Å². The van der Waals surface area contributed by atoms with Crippen molar-refractivity contribution < 1.29 is 0 Å². The molecule has 2 rings (SSSR count). The SMILES string of the molecule is Cc1cc(CNC(C)c2ccccc2C)c(C)s1. The van der Waals surface area contributed by atoms with Gasteiger partial charge >= 0.3 is 0 Å². The minimum atomic E-state index is 0.394. The number of hydrogen-bond donors (Lipinski definition) is 1. The van der Waals surface area contributed by atoms with Gasteiger partial charge in [-0.3, -0.25) is 0 Å². The normalized spacial score (nSPS) is 12.7. The first-order valence-electron chi connectivity index (χ1n) is 6.42. The van der Waals surface area contributed by atoms with Crippen molar-refractivity contribution in [2.24, 2.45) is 0 Å². The first kappa shape index (κ1) is 13.3. The number of thiophene rings is 1. The molecule has 2 aromatic rings. The molecule has 0 saturated carbocycles. The summed E-state index contributed by atoms with van der Waals surface area (Å²) >= 11 is 1.88. The number of benzene rings is 1. The lowest BCUT2D eigenvalue weighted by atomic mass is 10.0. The van der Waals surface area contributed by atoms with Crippen LogP contribution < -0.4 is 5.32 Å². The summed E-state index contributed by atoms with van der Waals surface area (Å²) in [4.78, 5) is 2.82. The average Bonchev–Trinajstić information content (AvgIpc) is 2.65. The fourth-order valence-electron chi connectivity index (χ4n) is 2.30. The third-order valence-electron chi connectivity index (χ3n) is 3.40. The van der Waals surface area contributed by atoms with E-state index in [2.05, 4.69) is 63.3 Å². The van der Waals surface area contributed by atoms with Crippen molar-refractivity contribution in [3.8, 4) is 0 Å². The van der Waals surface area contributed by atoms with Gasteiger partial charge in [0.2, 0.25) is 0 Å². The quantitative estimate of drug-likeness (QED) is 0.851. The zero-order chi connectivity index (χ0) is 13.1. The van der Waals surface area contributed by atoms with E-state index >= 15 is 0 Å². The first-order valence-corrected chi connectivity index (χ1v) is 7.24. The van der Waals surface area contributed by atoms with Crippen LogP contribution in [-0.2, 0) is 6.54 Å². The Balaban J connectivity index is 2.03. The van der Waals surface area contributed by atoms with Gasteiger partial charge in [0.05, 0.1) is 0 Å². The molecule has 1 atom stereocenters. The van der Waals surface area contributed by atoms with Crippen LogP contribution in [0.25, 0.3) is 0 Å². The van der Waals surface area contributed by atoms with Crippen molar-refractivity contribution in [2.45, 2.75) is 40.3 Å². The van der Waals surface area contributed by atoms with Crippen molar-refractivity contribution in [2.75, 3.05) is 0 Å². The molecule has 1 aromatic heterocycles. The molecule has 2 heteroatoms. The van der Waals surface area contributed by atoms with E-state index in [0.717, 1.165) is 6.54 Å². The lowest BCUT2D eigenvalue weighted by Crippen LogP contribution is -2.18. The summed E-state index contributed by atoms with van der Waals surface area (Å²) in [5.41, 5.74) is 4.18. The molecule has 0 aliphatic rings. The van der Waals surface area contributed by atoms with Gasteiger partial charge in [0.15, 0.2) is 0 Å².